The molecule has 0 heterocycles. The molecule has 0 aromatic heterocycles. The third-order valence-corrected chi connectivity index (χ3v) is 11.1. The van der Waals surface area contributed by atoms with E-state index in [1.807, 2.05) is 18.2 Å². The SMILES string of the molecule is CC/C=C/C/C=C/C/C=C/C/C=C/C/C=C/C/C=C/CCC(=O)O[C@H](COC(=O)CCCCCCCCCCCCC/C=C/CCCCCCCC)COP(=O)(O)OC[C@H](N)C(=O)O. The summed E-state index contributed by atoms with van der Waals surface area (Å²) in [5.41, 5.74) is 5.34. The van der Waals surface area contributed by atoms with Crippen molar-refractivity contribution in [1.29, 1.82) is 0 Å². The third-order valence-electron chi connectivity index (χ3n) is 10.1. The summed E-state index contributed by atoms with van der Waals surface area (Å²) >= 11 is 0. The van der Waals surface area contributed by atoms with E-state index >= 15 is 0 Å². The number of esters is 2. The van der Waals surface area contributed by atoms with Gasteiger partial charge >= 0.3 is 25.7 Å². The molecule has 0 saturated heterocycles. The predicted octanol–water partition coefficient (Wildman–Crippen LogP) is 13.8. The van der Waals surface area contributed by atoms with Crippen LogP contribution in [0.1, 0.15) is 194 Å². The molecule has 0 saturated carbocycles. The van der Waals surface area contributed by atoms with Crippen LogP contribution in [0.3, 0.4) is 0 Å². The molecule has 0 aromatic rings. The van der Waals surface area contributed by atoms with Gasteiger partial charge in [0.05, 0.1) is 13.2 Å². The van der Waals surface area contributed by atoms with Crippen molar-refractivity contribution in [3.05, 3.63) is 85.1 Å². The molecule has 0 aliphatic rings. The van der Waals surface area contributed by atoms with Gasteiger partial charge in [0.15, 0.2) is 6.10 Å². The Morgan fingerprint density at radius 3 is 1.38 bits per heavy atom. The molecule has 11 nitrogen and oxygen atoms in total. The Labute approximate surface area is 388 Å². The number of nitrogens with two attached hydrogens (primary N) is 1. The van der Waals surface area contributed by atoms with E-state index in [9.17, 15) is 23.8 Å². The summed E-state index contributed by atoms with van der Waals surface area (Å²) in [7, 11) is -4.75. The van der Waals surface area contributed by atoms with Crippen LogP contribution in [-0.4, -0.2) is 59.9 Å². The standard InChI is InChI=1S/C52H88NO10P/c1-3-5-7-9-11-13-15-17-19-21-23-24-26-27-29-31-33-35-37-39-41-43-50(54)60-45-48(46-61-64(58,59)62-47-49(53)52(56)57)63-51(55)44-42-40-38-36-34-32-30-28-25-22-20-18-16-14-12-10-8-6-4-2/h6,8,12,14,17-20,25,28,32,34,38,40,48-49H,3-5,7,9-11,13,15-16,21-24,26-27,29-31,33,35-37,39,41-47,53H2,1-2H3,(H,56,57)(H,58,59)/b8-6+,14-12+,19-17+,20-18+,28-25+,34-32+,40-38+/t48-,49+/m1/s1. The lowest BCUT2D eigenvalue weighted by molar-refractivity contribution is -0.161. The fourth-order valence-electron chi connectivity index (χ4n) is 6.32. The summed E-state index contributed by atoms with van der Waals surface area (Å²) in [6.45, 7) is 2.62. The normalized spacial score (nSPS) is 14.3. The van der Waals surface area contributed by atoms with Gasteiger partial charge in [0.1, 0.15) is 12.6 Å². The van der Waals surface area contributed by atoms with Crippen LogP contribution in [0.4, 0.5) is 0 Å². The summed E-state index contributed by atoms with van der Waals surface area (Å²) in [4.78, 5) is 46.1. The number of carboxylic acids is 1. The van der Waals surface area contributed by atoms with Crippen molar-refractivity contribution in [2.75, 3.05) is 19.8 Å². The maximum atomic E-state index is 12.6. The maximum absolute atomic E-state index is 12.6. The molecule has 0 bridgehead atoms. The zero-order valence-electron chi connectivity index (χ0n) is 39.8. The van der Waals surface area contributed by atoms with E-state index in [1.165, 1.54) is 96.3 Å². The average molecular weight is 918 g/mol. The molecule has 0 rings (SSSR count). The molecule has 12 heteroatoms. The summed E-state index contributed by atoms with van der Waals surface area (Å²) in [5, 5.41) is 8.91. The van der Waals surface area contributed by atoms with Gasteiger partial charge in [-0.25, -0.2) is 4.57 Å². The molecule has 0 aliphatic carbocycles. The van der Waals surface area contributed by atoms with Crippen molar-refractivity contribution in [1.82, 2.24) is 0 Å². The molecular formula is C52H88NO10P. The number of carbonyl (C=O) groups excluding carboxylic acids is 2. The van der Waals surface area contributed by atoms with Gasteiger partial charge in [-0.15, -0.1) is 0 Å². The summed E-state index contributed by atoms with van der Waals surface area (Å²) in [6.07, 6.45) is 58.1. The largest absolute Gasteiger partial charge is 0.480 e. The molecule has 4 N–H and O–H groups in total. The van der Waals surface area contributed by atoms with Crippen LogP contribution in [-0.2, 0) is 37.5 Å². The Kier molecular flexibility index (Phi) is 43.8. The highest BCUT2D eigenvalue weighted by Crippen LogP contribution is 2.43. The number of phosphoric ester groups is 1. The fourth-order valence-corrected chi connectivity index (χ4v) is 7.10. The number of phosphoric acid groups is 1. The van der Waals surface area contributed by atoms with Crippen molar-refractivity contribution < 1.29 is 47.5 Å². The van der Waals surface area contributed by atoms with Gasteiger partial charge in [-0.05, 0) is 77.0 Å². The summed E-state index contributed by atoms with van der Waals surface area (Å²) in [5.74, 6) is -2.49. The van der Waals surface area contributed by atoms with E-state index in [-0.39, 0.29) is 19.4 Å². The van der Waals surface area contributed by atoms with Crippen LogP contribution in [0.2, 0.25) is 0 Å². The number of ether oxygens (including phenoxy) is 2. The lowest BCUT2D eigenvalue weighted by Gasteiger charge is -2.20. The predicted molar refractivity (Wildman–Crippen MR) is 263 cm³/mol. The lowest BCUT2D eigenvalue weighted by atomic mass is 10.0. The Morgan fingerprint density at radius 2 is 0.906 bits per heavy atom. The van der Waals surface area contributed by atoms with E-state index in [4.69, 9.17) is 24.8 Å². The van der Waals surface area contributed by atoms with Crippen molar-refractivity contribution in [3.8, 4) is 0 Å². The van der Waals surface area contributed by atoms with Gasteiger partial charge in [0.2, 0.25) is 0 Å². The Balaban J connectivity index is 4.38. The zero-order chi connectivity index (χ0) is 47.0. The average Bonchev–Trinajstić information content (AvgIpc) is 3.27. The first-order chi connectivity index (χ1) is 31.1. The highest BCUT2D eigenvalue weighted by molar-refractivity contribution is 7.47. The van der Waals surface area contributed by atoms with Crippen LogP contribution in [0.5, 0.6) is 0 Å². The molecule has 0 fully saturated rings. The molecule has 366 valence electrons. The Hall–Kier alpha value is -3.34. The van der Waals surface area contributed by atoms with E-state index in [2.05, 4.69) is 85.2 Å². The second-order valence-corrected chi connectivity index (χ2v) is 17.7. The number of aliphatic carboxylic acids is 1. The van der Waals surface area contributed by atoms with Gasteiger partial charge in [-0.1, -0.05) is 189 Å². The minimum atomic E-state index is -4.75. The van der Waals surface area contributed by atoms with Crippen molar-refractivity contribution in [2.24, 2.45) is 5.73 Å². The number of hydrogen-bond donors (Lipinski definition) is 3. The molecule has 3 atom stereocenters. The van der Waals surface area contributed by atoms with E-state index in [0.717, 1.165) is 51.4 Å². The molecule has 0 aliphatic heterocycles. The van der Waals surface area contributed by atoms with Crippen molar-refractivity contribution in [2.45, 2.75) is 206 Å². The highest BCUT2D eigenvalue weighted by atomic mass is 31.2. The molecule has 0 amide bonds. The number of unbranched alkanes of at least 4 members (excludes halogenated alkanes) is 17. The van der Waals surface area contributed by atoms with E-state index < -0.39 is 51.1 Å². The highest BCUT2D eigenvalue weighted by Gasteiger charge is 2.28. The summed E-state index contributed by atoms with van der Waals surface area (Å²) in [6, 6.07) is -1.54. The van der Waals surface area contributed by atoms with Crippen molar-refractivity contribution >= 4 is 25.7 Å². The molecule has 0 radical (unpaired) electrons. The van der Waals surface area contributed by atoms with Crippen molar-refractivity contribution in [3.63, 3.8) is 0 Å². The topological polar surface area (TPSA) is 172 Å². The minimum absolute atomic E-state index is 0.0324. The van der Waals surface area contributed by atoms with E-state index in [1.54, 1.807) is 0 Å². The first-order valence-corrected chi connectivity index (χ1v) is 26.1. The van der Waals surface area contributed by atoms with Gasteiger partial charge in [-0.3, -0.25) is 23.4 Å². The fraction of sp³-hybridized carbons (Fsp3) is 0.673. The van der Waals surface area contributed by atoms with Crippen LogP contribution < -0.4 is 5.73 Å². The number of carbonyl (C=O) groups is 3. The lowest BCUT2D eigenvalue weighted by Crippen LogP contribution is -2.34. The zero-order valence-corrected chi connectivity index (χ0v) is 40.7. The molecular weight excluding hydrogens is 830 g/mol. The second-order valence-electron chi connectivity index (χ2n) is 16.2. The van der Waals surface area contributed by atoms with Crippen LogP contribution in [0.15, 0.2) is 85.1 Å². The smallest absolute Gasteiger partial charge is 0.472 e. The molecule has 0 spiro atoms. The molecule has 64 heavy (non-hydrogen) atoms. The number of hydrogen-bond acceptors (Lipinski definition) is 9. The summed E-state index contributed by atoms with van der Waals surface area (Å²) < 4.78 is 32.7. The quantitative estimate of drug-likeness (QED) is 0.0230. The first-order valence-electron chi connectivity index (χ1n) is 24.6. The second kappa shape index (κ2) is 46.2. The monoisotopic (exact) mass is 918 g/mol. The number of allylic oxidation sites excluding steroid dienone is 14. The first kappa shape index (κ1) is 60.7. The Morgan fingerprint density at radius 1 is 0.500 bits per heavy atom. The van der Waals surface area contributed by atoms with Gasteiger partial charge in [0.25, 0.3) is 0 Å². The number of carboxylic acid groups (broad SMARTS) is 1. The molecule has 1 unspecified atom stereocenters. The third kappa shape index (κ3) is 45.2. The van der Waals surface area contributed by atoms with Crippen LogP contribution in [0.25, 0.3) is 0 Å². The van der Waals surface area contributed by atoms with Crippen LogP contribution in [0, 0.1) is 0 Å². The maximum Gasteiger partial charge on any atom is 0.472 e. The van der Waals surface area contributed by atoms with Crippen LogP contribution >= 0.6 is 7.82 Å². The number of rotatable bonds is 45. The van der Waals surface area contributed by atoms with Gasteiger partial charge in [-0.2, -0.15) is 0 Å². The minimum Gasteiger partial charge on any atom is -0.480 e. The van der Waals surface area contributed by atoms with Gasteiger partial charge in [0, 0.05) is 12.8 Å². The Bertz CT molecular complexity index is 1400. The van der Waals surface area contributed by atoms with E-state index in [0.29, 0.717) is 19.3 Å². The molecule has 0 aromatic carbocycles. The van der Waals surface area contributed by atoms with Gasteiger partial charge < -0.3 is 25.2 Å².